The van der Waals surface area contributed by atoms with Gasteiger partial charge in [0.25, 0.3) is 17.7 Å². The molecule has 1 saturated heterocycles. The second-order valence-corrected chi connectivity index (χ2v) is 29.5. The van der Waals surface area contributed by atoms with Gasteiger partial charge in [0.15, 0.2) is 0 Å². The summed E-state index contributed by atoms with van der Waals surface area (Å²) in [5.41, 5.74) is 6.77. The minimum atomic E-state index is -3.93. The minimum Gasteiger partial charge on any atom is -0.445 e. The number of unbranched alkanes of at least 4 members (excludes halogenated alkanes) is 2. The van der Waals surface area contributed by atoms with Crippen LogP contribution in [0.15, 0.2) is 66.7 Å². The Bertz CT molecular complexity index is 3310. The van der Waals surface area contributed by atoms with Gasteiger partial charge in [-0.25, -0.2) is 18.0 Å². The van der Waals surface area contributed by atoms with Crippen molar-refractivity contribution in [3.8, 4) is 0 Å². The van der Waals surface area contributed by atoms with Crippen molar-refractivity contribution in [3.05, 3.63) is 77.9 Å². The van der Waals surface area contributed by atoms with Crippen LogP contribution in [0.25, 0.3) is 0 Å². The van der Waals surface area contributed by atoms with Gasteiger partial charge in [-0.15, -0.1) is 0 Å². The number of carbonyl (C=O) groups excluding carboxylic acids is 12. The number of benzene rings is 2. The number of urea groups is 1. The van der Waals surface area contributed by atoms with Gasteiger partial charge in [0, 0.05) is 78.6 Å². The van der Waals surface area contributed by atoms with Gasteiger partial charge in [-0.05, 0) is 98.3 Å². The molecule has 0 radical (unpaired) electrons. The van der Waals surface area contributed by atoms with Crippen LogP contribution in [0, 0.1) is 29.6 Å². The van der Waals surface area contributed by atoms with Crippen LogP contribution in [0.4, 0.5) is 15.3 Å². The molecule has 2 heterocycles. The van der Waals surface area contributed by atoms with Crippen molar-refractivity contribution in [2.45, 2.75) is 212 Å². The highest BCUT2D eigenvalue weighted by Gasteiger charge is 2.45. The van der Waals surface area contributed by atoms with Crippen LogP contribution in [0.1, 0.15) is 150 Å². The third kappa shape index (κ3) is 24.6. The Balaban J connectivity index is 1.19. The number of hydrogen-bond acceptors (Lipinski definition) is 17. The van der Waals surface area contributed by atoms with E-state index in [0.717, 1.165) is 9.80 Å². The number of nitrogens with zero attached hydrogens (tertiary/aromatic N) is 4. The van der Waals surface area contributed by atoms with Gasteiger partial charge in [0.05, 0.1) is 41.9 Å². The number of nitrogens with one attached hydrogen (secondary N) is 7. The number of nitrogens with two attached hydrogens (primary N) is 1. The Morgan fingerprint density at radius 3 is 1.88 bits per heavy atom. The number of amides is 13. The van der Waals surface area contributed by atoms with Crippen LogP contribution >= 0.6 is 0 Å². The summed E-state index contributed by atoms with van der Waals surface area (Å²) in [6.07, 6.45) is 4.13. The van der Waals surface area contributed by atoms with E-state index in [0.29, 0.717) is 74.7 Å². The smallest absolute Gasteiger partial charge is 0.410 e. The Morgan fingerprint density at radius 1 is 0.673 bits per heavy atom. The lowest BCUT2D eigenvalue weighted by Crippen LogP contribution is -2.60. The lowest BCUT2D eigenvalue weighted by atomic mass is 9.89. The molecule has 2 aromatic carbocycles. The van der Waals surface area contributed by atoms with E-state index in [2.05, 4.69) is 36.6 Å². The van der Waals surface area contributed by atoms with E-state index in [1.807, 2.05) is 13.8 Å². The Hall–Kier alpha value is -8.51. The van der Waals surface area contributed by atoms with E-state index in [1.165, 1.54) is 38.3 Å². The average Bonchev–Trinajstić information content (AvgIpc) is 1.79. The zero-order valence-electron chi connectivity index (χ0n) is 60.7. The predicted octanol–water partition coefficient (Wildman–Crippen LogP) is 4.17. The van der Waals surface area contributed by atoms with Crippen molar-refractivity contribution >= 4 is 86.9 Å². The molecule has 13 amide bonds. The van der Waals surface area contributed by atoms with Gasteiger partial charge in [0.2, 0.25) is 51.4 Å². The molecule has 0 bridgehead atoms. The third-order valence-electron chi connectivity index (χ3n) is 18.9. The number of hydrogen-bond donors (Lipinski definition) is 8. The highest BCUT2D eigenvalue weighted by molar-refractivity contribution is 7.91. The first-order valence-corrected chi connectivity index (χ1v) is 36.6. The van der Waals surface area contributed by atoms with Crippen molar-refractivity contribution in [2.75, 3.05) is 53.3 Å². The van der Waals surface area contributed by atoms with E-state index in [9.17, 15) is 66.0 Å². The number of imide groups is 1. The summed E-state index contributed by atoms with van der Waals surface area (Å²) in [5.74, 6) is -7.67. The second kappa shape index (κ2) is 39.6. The third-order valence-corrected chi connectivity index (χ3v) is 20.7. The monoisotopic (exact) mass is 1430 g/mol. The van der Waals surface area contributed by atoms with Crippen molar-refractivity contribution in [1.29, 1.82) is 0 Å². The first-order chi connectivity index (χ1) is 47.7. The molecule has 11 atom stereocenters. The maximum absolute atomic E-state index is 14.9. The summed E-state index contributed by atoms with van der Waals surface area (Å²) in [4.78, 5) is 167. The van der Waals surface area contributed by atoms with Crippen molar-refractivity contribution in [2.24, 2.45) is 35.3 Å². The second-order valence-electron chi connectivity index (χ2n) is 27.6. The van der Waals surface area contributed by atoms with E-state index in [1.54, 1.807) is 115 Å². The quantitative estimate of drug-likeness (QED) is 0.0342. The minimum absolute atomic E-state index is 0.0163. The van der Waals surface area contributed by atoms with Gasteiger partial charge in [-0.2, -0.15) is 0 Å². The standard InChI is InChI=1S/C71H108N12O17S/c1-14-45(8)62(54(98-12)40-58(87)82-38-22-26-53(82)63(99-13)46(9)64(88)76-52(39-47-23-17-15-18-24-47)66(90)79-101(96,97)50-32-33-50)80(10)69(93)60(43(4)5)78-68(92)61(44(6)7)81(11)71(95)100-41-48-28-30-49(31-29-48)74-65(89)51(25-21-36-73-70(72)94)75-67(91)59(42(2)3)77-55(84)27-19-16-20-37-83-56(85)34-35-57(83)86/h15,17-18,23-24,28-31,34-35,42-46,50-54,59-63H,14,16,19-22,25-27,32-33,36-41H2,1-13H3,(H,74,89)(H,75,91)(H,76,88)(H,77,84)(H,78,92)(H,79,90)(H3,72,73,94). The molecule has 2 aromatic rings. The fourth-order valence-electron chi connectivity index (χ4n) is 12.7. The van der Waals surface area contributed by atoms with E-state index >= 15 is 0 Å². The van der Waals surface area contributed by atoms with Crippen LogP contribution in [-0.4, -0.2) is 207 Å². The topological polar surface area (TPSA) is 390 Å². The summed E-state index contributed by atoms with van der Waals surface area (Å²) in [5, 5.41) is 15.8. The van der Waals surface area contributed by atoms with Crippen LogP contribution in [0.2, 0.25) is 0 Å². The molecule has 1 aliphatic carbocycles. The number of ether oxygens (including phenoxy) is 3. The molecule has 2 aliphatic heterocycles. The summed E-state index contributed by atoms with van der Waals surface area (Å²) in [6.45, 7) is 16.5. The number of likely N-dealkylation sites (N-methyl/N-ethyl adjacent to an activating group) is 2. The Morgan fingerprint density at radius 2 is 1.31 bits per heavy atom. The largest absolute Gasteiger partial charge is 0.445 e. The fourth-order valence-corrected chi connectivity index (χ4v) is 14.1. The molecule has 560 valence electrons. The van der Waals surface area contributed by atoms with E-state index < -0.39 is 141 Å². The zero-order valence-corrected chi connectivity index (χ0v) is 61.6. The molecule has 101 heavy (non-hydrogen) atoms. The molecular formula is C71H108N12O17S. The van der Waals surface area contributed by atoms with Gasteiger partial charge in [-0.3, -0.25) is 62.5 Å². The number of primary amides is 1. The van der Waals surface area contributed by atoms with E-state index in [-0.39, 0.29) is 81.4 Å². The molecule has 1 saturated carbocycles. The van der Waals surface area contributed by atoms with Crippen molar-refractivity contribution in [1.82, 2.24) is 50.9 Å². The molecule has 0 spiro atoms. The number of methoxy groups -OCH3 is 2. The van der Waals surface area contributed by atoms with Crippen LogP contribution < -0.4 is 42.4 Å². The first kappa shape index (κ1) is 83.2. The predicted molar refractivity (Wildman–Crippen MR) is 377 cm³/mol. The molecule has 9 N–H and O–H groups in total. The van der Waals surface area contributed by atoms with Gasteiger partial charge < -0.3 is 61.6 Å². The normalized spacial score (nSPS) is 17.5. The number of carbonyl (C=O) groups is 12. The average molecular weight is 1430 g/mol. The lowest BCUT2D eigenvalue weighted by molar-refractivity contribution is -0.148. The molecule has 11 unspecified atom stereocenters. The SMILES string of the molecule is CCC(C)C(C(CC(=O)N1CCCC1C(OC)C(C)C(=O)NC(Cc1ccccc1)C(=O)NS(=O)(=O)C1CC1)OC)N(C)C(=O)C(NC(=O)C(C(C)C)N(C)C(=O)OCc1ccc(NC(=O)C(CCCNC(N)=O)NC(=O)C(NC(=O)CCCCCN2C(=O)C=CC2=O)C(C)C)cc1)C(C)C. The summed E-state index contributed by atoms with van der Waals surface area (Å²) >= 11 is 0. The van der Waals surface area contributed by atoms with Crippen molar-refractivity contribution < 1.29 is 80.2 Å². The van der Waals surface area contributed by atoms with Gasteiger partial charge >= 0.3 is 12.1 Å². The maximum Gasteiger partial charge on any atom is 0.410 e. The van der Waals surface area contributed by atoms with Crippen LogP contribution in [0.5, 0.6) is 0 Å². The molecule has 29 nitrogen and oxygen atoms in total. The zero-order chi connectivity index (χ0) is 75.0. The number of sulfonamides is 1. The summed E-state index contributed by atoms with van der Waals surface area (Å²) in [7, 11) is 1.99. The highest BCUT2D eigenvalue weighted by atomic mass is 32.2. The molecule has 3 aliphatic rings. The lowest BCUT2D eigenvalue weighted by Gasteiger charge is -2.41. The number of rotatable bonds is 41. The Kier molecular flexibility index (Phi) is 32.6. The maximum atomic E-state index is 14.9. The van der Waals surface area contributed by atoms with Gasteiger partial charge in [-0.1, -0.05) is 118 Å². The number of likely N-dealkylation sites (tertiary alicyclic amines) is 1. The molecule has 30 heteroatoms. The highest BCUT2D eigenvalue weighted by Crippen LogP contribution is 2.31. The molecular weight excluding hydrogens is 1320 g/mol. The summed E-state index contributed by atoms with van der Waals surface area (Å²) < 4.78 is 45.6. The molecule has 2 fully saturated rings. The Labute approximate surface area is 594 Å². The molecule has 5 rings (SSSR count). The number of anilines is 1. The fraction of sp³-hybridized carbons (Fsp3) is 0.634. The summed E-state index contributed by atoms with van der Waals surface area (Å²) in [6, 6.07) is 7.58. The molecule has 0 aromatic heterocycles. The van der Waals surface area contributed by atoms with Crippen molar-refractivity contribution in [3.63, 3.8) is 0 Å². The van der Waals surface area contributed by atoms with Gasteiger partial charge in [0.1, 0.15) is 36.8 Å². The van der Waals surface area contributed by atoms with Crippen LogP contribution in [-0.2, 0) is 85.2 Å². The van der Waals surface area contributed by atoms with Crippen LogP contribution in [0.3, 0.4) is 0 Å². The van der Waals surface area contributed by atoms with E-state index in [4.69, 9.17) is 19.9 Å². The first-order valence-electron chi connectivity index (χ1n) is 35.0.